The largest absolute Gasteiger partial charge is 0.394 e. The van der Waals surface area contributed by atoms with Crippen molar-refractivity contribution in [2.75, 3.05) is 20.7 Å². The van der Waals surface area contributed by atoms with Gasteiger partial charge in [-0.3, -0.25) is 19.2 Å². The monoisotopic (exact) mass is 287 g/mol. The Morgan fingerprint density at radius 2 is 2.10 bits per heavy atom. The van der Waals surface area contributed by atoms with E-state index in [1.165, 1.54) is 19.0 Å². The molecule has 0 saturated carbocycles. The minimum Gasteiger partial charge on any atom is -0.394 e. The Labute approximate surface area is 113 Å². The van der Waals surface area contributed by atoms with Crippen LogP contribution in [-0.4, -0.2) is 68.8 Å². The van der Waals surface area contributed by atoms with Gasteiger partial charge in [0.1, 0.15) is 18.3 Å². The van der Waals surface area contributed by atoms with Crippen LogP contribution in [0.4, 0.5) is 0 Å². The fourth-order valence-electron chi connectivity index (χ4n) is 2.39. The minimum atomic E-state index is -1.71. The lowest BCUT2D eigenvalue weighted by atomic mass is 10.1. The molecule has 0 bridgehead atoms. The molecular formula is C11H17N3O6. The molecule has 1 saturated heterocycles. The lowest BCUT2D eigenvalue weighted by Gasteiger charge is -2.39. The molecule has 4 atom stereocenters. The van der Waals surface area contributed by atoms with E-state index in [1.54, 1.807) is 0 Å². The van der Waals surface area contributed by atoms with Crippen LogP contribution in [0.2, 0.25) is 0 Å². The van der Waals surface area contributed by atoms with Crippen LogP contribution in [0.5, 0.6) is 0 Å². The third-order valence-electron chi connectivity index (χ3n) is 3.40. The van der Waals surface area contributed by atoms with Gasteiger partial charge in [0.05, 0.1) is 6.61 Å². The summed E-state index contributed by atoms with van der Waals surface area (Å²) >= 11 is 0. The van der Waals surface area contributed by atoms with Crippen LogP contribution in [0.3, 0.4) is 0 Å². The highest BCUT2D eigenvalue weighted by Gasteiger charge is 2.57. The summed E-state index contributed by atoms with van der Waals surface area (Å²) in [5.41, 5.74) is -1.39. The van der Waals surface area contributed by atoms with Gasteiger partial charge in [0.15, 0.2) is 0 Å². The third kappa shape index (κ3) is 2.00. The van der Waals surface area contributed by atoms with E-state index in [1.807, 2.05) is 0 Å². The number of aliphatic hydroxyl groups excluding tert-OH is 3. The Morgan fingerprint density at radius 1 is 1.45 bits per heavy atom. The summed E-state index contributed by atoms with van der Waals surface area (Å²) in [6.07, 6.45) is -2.75. The molecule has 2 rings (SSSR count). The van der Waals surface area contributed by atoms with Crippen LogP contribution in [0.25, 0.3) is 0 Å². The molecule has 1 aliphatic rings. The van der Waals surface area contributed by atoms with Gasteiger partial charge < -0.3 is 20.1 Å². The van der Waals surface area contributed by atoms with E-state index in [2.05, 4.69) is 4.98 Å². The molecule has 2 heterocycles. The first kappa shape index (κ1) is 14.9. The quantitative estimate of drug-likeness (QED) is 0.461. The number of nitrogens with zero attached hydrogens (tertiary/aromatic N) is 2. The van der Waals surface area contributed by atoms with Crippen molar-refractivity contribution in [3.63, 3.8) is 0 Å². The van der Waals surface area contributed by atoms with Gasteiger partial charge in [-0.2, -0.15) is 0 Å². The lowest BCUT2D eigenvalue weighted by Crippen LogP contribution is -2.59. The molecule has 0 aliphatic carbocycles. The second-order valence-electron chi connectivity index (χ2n) is 4.81. The average molecular weight is 287 g/mol. The first-order chi connectivity index (χ1) is 9.34. The Morgan fingerprint density at radius 3 is 2.55 bits per heavy atom. The summed E-state index contributed by atoms with van der Waals surface area (Å²) < 4.78 is 6.48. The molecule has 1 aromatic rings. The zero-order chi connectivity index (χ0) is 15.1. The molecule has 1 fully saturated rings. The van der Waals surface area contributed by atoms with Crippen LogP contribution < -0.4 is 11.2 Å². The smallest absolute Gasteiger partial charge is 0.331 e. The van der Waals surface area contributed by atoms with Crippen molar-refractivity contribution in [1.29, 1.82) is 0 Å². The van der Waals surface area contributed by atoms with E-state index in [4.69, 9.17) is 9.84 Å². The predicted octanol–water partition coefficient (Wildman–Crippen LogP) is -3.18. The second kappa shape index (κ2) is 5.11. The van der Waals surface area contributed by atoms with E-state index in [9.17, 15) is 19.8 Å². The summed E-state index contributed by atoms with van der Waals surface area (Å²) in [4.78, 5) is 26.5. The Hall–Kier alpha value is -1.52. The molecule has 112 valence electrons. The number of H-pyrrole nitrogens is 1. The number of likely N-dealkylation sites (N-methyl/N-ethyl adjacent to an activating group) is 1. The maximum absolute atomic E-state index is 11.9. The van der Waals surface area contributed by atoms with Crippen molar-refractivity contribution in [2.24, 2.45) is 0 Å². The second-order valence-corrected chi connectivity index (χ2v) is 4.81. The lowest BCUT2D eigenvalue weighted by molar-refractivity contribution is -0.231. The summed E-state index contributed by atoms with van der Waals surface area (Å²) in [6, 6.07) is 1.10. The first-order valence-corrected chi connectivity index (χ1v) is 5.99. The number of aromatic amines is 1. The highest BCUT2D eigenvalue weighted by molar-refractivity contribution is 5.00. The van der Waals surface area contributed by atoms with Crippen molar-refractivity contribution >= 4 is 0 Å². The van der Waals surface area contributed by atoms with Crippen LogP contribution in [-0.2, 0) is 10.6 Å². The molecular weight excluding hydrogens is 270 g/mol. The molecule has 20 heavy (non-hydrogen) atoms. The molecule has 0 amide bonds. The number of ether oxygens (including phenoxy) is 1. The number of hydrogen-bond acceptors (Lipinski definition) is 7. The normalized spacial score (nSPS) is 33.8. The molecule has 4 N–H and O–H groups in total. The zero-order valence-electron chi connectivity index (χ0n) is 11.1. The third-order valence-corrected chi connectivity index (χ3v) is 3.40. The number of aromatic nitrogens is 2. The Balaban J connectivity index is 2.62. The predicted molar refractivity (Wildman–Crippen MR) is 67.0 cm³/mol. The van der Waals surface area contributed by atoms with Crippen molar-refractivity contribution in [3.8, 4) is 0 Å². The van der Waals surface area contributed by atoms with Crippen LogP contribution in [0, 0.1) is 0 Å². The fraction of sp³-hybridized carbons (Fsp3) is 0.636. The van der Waals surface area contributed by atoms with Crippen molar-refractivity contribution in [3.05, 3.63) is 33.1 Å². The van der Waals surface area contributed by atoms with E-state index in [-0.39, 0.29) is 0 Å². The molecule has 0 aromatic carbocycles. The fourth-order valence-corrected chi connectivity index (χ4v) is 2.39. The van der Waals surface area contributed by atoms with Crippen molar-refractivity contribution < 1.29 is 20.1 Å². The number of rotatable bonds is 3. The number of aliphatic hydroxyl groups is 3. The van der Waals surface area contributed by atoms with E-state index in [0.29, 0.717) is 0 Å². The van der Waals surface area contributed by atoms with Gasteiger partial charge in [0.2, 0.25) is 5.85 Å². The SMILES string of the molecule is CN(C)[C@@]1(n2ccc(=O)[nH]c2=O)O[C@H](CO)[C@@H](O)[C@H]1O. The van der Waals surface area contributed by atoms with Gasteiger partial charge in [-0.05, 0) is 14.1 Å². The summed E-state index contributed by atoms with van der Waals surface area (Å²) in [5.74, 6) is -1.71. The highest BCUT2D eigenvalue weighted by Crippen LogP contribution is 2.36. The molecule has 0 radical (unpaired) electrons. The molecule has 0 spiro atoms. The Kier molecular flexibility index (Phi) is 3.80. The standard InChI is InChI=1S/C11H17N3O6/c1-13(2)11(9(18)8(17)6(5-15)20-11)14-4-3-7(16)12-10(14)19/h3-4,6,8-9,15,17-18H,5H2,1-2H3,(H,12,16,19)/t6-,8-,9-,11+/m1/s1. The van der Waals surface area contributed by atoms with Crippen LogP contribution in [0.1, 0.15) is 0 Å². The Bertz CT molecular complexity index is 596. The molecule has 9 heteroatoms. The summed E-state index contributed by atoms with van der Waals surface area (Å²) in [5, 5.41) is 29.3. The van der Waals surface area contributed by atoms with Gasteiger partial charge in [0, 0.05) is 12.3 Å². The topological polar surface area (TPSA) is 128 Å². The van der Waals surface area contributed by atoms with Crippen molar-refractivity contribution in [2.45, 2.75) is 24.2 Å². The first-order valence-electron chi connectivity index (χ1n) is 5.99. The van der Waals surface area contributed by atoms with Crippen LogP contribution >= 0.6 is 0 Å². The molecule has 1 aliphatic heterocycles. The summed E-state index contributed by atoms with van der Waals surface area (Å²) in [7, 11) is 3.07. The van der Waals surface area contributed by atoms with Gasteiger partial charge in [-0.25, -0.2) is 4.79 Å². The van der Waals surface area contributed by atoms with Gasteiger partial charge in [-0.15, -0.1) is 0 Å². The summed E-state index contributed by atoms with van der Waals surface area (Å²) in [6.45, 7) is -0.522. The number of hydrogen-bond donors (Lipinski definition) is 4. The highest BCUT2D eigenvalue weighted by atomic mass is 16.6. The van der Waals surface area contributed by atoms with Crippen molar-refractivity contribution in [1.82, 2.24) is 14.5 Å². The maximum atomic E-state index is 11.9. The van der Waals surface area contributed by atoms with E-state index in [0.717, 1.165) is 16.8 Å². The minimum absolute atomic E-state index is 0.522. The van der Waals surface area contributed by atoms with Gasteiger partial charge in [0.25, 0.3) is 5.56 Å². The van der Waals surface area contributed by atoms with Crippen LogP contribution in [0.15, 0.2) is 21.9 Å². The average Bonchev–Trinajstić information content (AvgIpc) is 2.64. The number of nitrogens with one attached hydrogen (secondary N) is 1. The maximum Gasteiger partial charge on any atom is 0.331 e. The molecule has 9 nitrogen and oxygen atoms in total. The van der Waals surface area contributed by atoms with E-state index < -0.39 is 42.0 Å². The molecule has 0 unspecified atom stereocenters. The van der Waals surface area contributed by atoms with Gasteiger partial charge >= 0.3 is 5.69 Å². The molecule has 1 aromatic heterocycles. The van der Waals surface area contributed by atoms with Gasteiger partial charge in [-0.1, -0.05) is 0 Å². The zero-order valence-corrected chi connectivity index (χ0v) is 11.1. The van der Waals surface area contributed by atoms with E-state index >= 15 is 0 Å².